The molecule has 1 amide bonds. The molecule has 2 unspecified atom stereocenters. The highest BCUT2D eigenvalue weighted by Gasteiger charge is 2.42. The summed E-state index contributed by atoms with van der Waals surface area (Å²) >= 11 is 0. The summed E-state index contributed by atoms with van der Waals surface area (Å²) in [6, 6.07) is 20.3. The molecule has 6 nitrogen and oxygen atoms in total. The molecule has 2 aliphatic heterocycles. The number of aliphatic hydroxyl groups is 1. The van der Waals surface area contributed by atoms with Gasteiger partial charge in [-0.25, -0.2) is 0 Å². The van der Waals surface area contributed by atoms with Gasteiger partial charge in [-0.2, -0.15) is 13.2 Å². The highest BCUT2D eigenvalue weighted by molar-refractivity contribution is 5.99. The van der Waals surface area contributed by atoms with Crippen LogP contribution >= 0.6 is 0 Å². The van der Waals surface area contributed by atoms with E-state index in [1.54, 1.807) is 30.5 Å². The molecule has 3 aromatic carbocycles. The number of carbonyl (C=O) groups excluding carboxylic acids is 1. The minimum Gasteiger partial charge on any atom is -0.497 e. The second kappa shape index (κ2) is 10.4. The number of hydrogen-bond acceptors (Lipinski definition) is 5. The molecule has 2 aliphatic rings. The first-order chi connectivity index (χ1) is 18.3. The number of nitrogens with zero attached hydrogens (tertiary/aromatic N) is 2. The average molecular weight is 524 g/mol. The number of halogens is 3. The summed E-state index contributed by atoms with van der Waals surface area (Å²) in [6.07, 6.45) is -3.10. The number of methoxy groups -OCH3 is 1. The average Bonchev–Trinajstić information content (AvgIpc) is 3.32. The first kappa shape index (κ1) is 25.7. The number of alkyl halides is 3. The maximum absolute atomic E-state index is 14.2. The molecule has 2 N–H and O–H groups in total. The summed E-state index contributed by atoms with van der Waals surface area (Å²) in [6.45, 7) is 0.586. The van der Waals surface area contributed by atoms with Crippen molar-refractivity contribution in [2.24, 2.45) is 0 Å². The van der Waals surface area contributed by atoms with Crippen LogP contribution in [0.5, 0.6) is 5.75 Å². The number of aliphatic hydroxyl groups excluding tert-OH is 1. The molecule has 198 valence electrons. The van der Waals surface area contributed by atoms with Crippen LogP contribution in [0.2, 0.25) is 0 Å². The highest BCUT2D eigenvalue weighted by Crippen LogP contribution is 2.42. The number of ether oxygens (including phenoxy) is 1. The normalized spacial score (nSPS) is 21.2. The van der Waals surface area contributed by atoms with Crippen LogP contribution in [0.25, 0.3) is 0 Å². The molecule has 0 fully saturated rings. The van der Waals surface area contributed by atoms with E-state index in [2.05, 4.69) is 5.32 Å². The van der Waals surface area contributed by atoms with E-state index in [1.165, 1.54) is 24.1 Å². The lowest BCUT2D eigenvalue weighted by atomic mass is 9.86. The van der Waals surface area contributed by atoms with Crippen LogP contribution in [-0.4, -0.2) is 41.8 Å². The Hall–Kier alpha value is -3.98. The maximum atomic E-state index is 14.2. The summed E-state index contributed by atoms with van der Waals surface area (Å²) in [4.78, 5) is 17.0. The molecule has 0 saturated heterocycles. The van der Waals surface area contributed by atoms with Crippen molar-refractivity contribution in [1.82, 2.24) is 10.2 Å². The lowest BCUT2D eigenvalue weighted by Gasteiger charge is -2.33. The first-order valence-corrected chi connectivity index (χ1v) is 12.3. The van der Waals surface area contributed by atoms with Crippen molar-refractivity contribution in [3.63, 3.8) is 0 Å². The maximum Gasteiger partial charge on any atom is 0.416 e. The Morgan fingerprint density at radius 2 is 1.76 bits per heavy atom. The van der Waals surface area contributed by atoms with E-state index in [1.807, 2.05) is 41.4 Å². The Balaban J connectivity index is 1.52. The fourth-order valence-electron chi connectivity index (χ4n) is 5.17. The third-order valence-electron chi connectivity index (χ3n) is 7.13. The fraction of sp³-hybridized carbons (Fsp3) is 0.276. The Kier molecular flexibility index (Phi) is 7.03. The third-order valence-corrected chi connectivity index (χ3v) is 7.13. The van der Waals surface area contributed by atoms with Gasteiger partial charge in [-0.05, 0) is 47.4 Å². The Morgan fingerprint density at radius 1 is 1.03 bits per heavy atom. The van der Waals surface area contributed by atoms with E-state index in [0.717, 1.165) is 11.6 Å². The summed E-state index contributed by atoms with van der Waals surface area (Å²) in [5, 5.41) is 14.5. The van der Waals surface area contributed by atoms with Crippen molar-refractivity contribution in [2.45, 2.75) is 37.3 Å². The molecule has 5 rings (SSSR count). The number of benzene rings is 3. The van der Waals surface area contributed by atoms with Crippen molar-refractivity contribution in [1.29, 1.82) is 0 Å². The SMILES string of the molecule is COc1ccc(C2Cc3c(cccc3C(F)(F)F)N(CC3NC=CN3Cc3ccccc3)C(=O)[C@@H]2O)cc1. The van der Waals surface area contributed by atoms with Crippen molar-refractivity contribution < 1.29 is 27.8 Å². The molecule has 0 aromatic heterocycles. The molecular weight excluding hydrogens is 495 g/mol. The van der Waals surface area contributed by atoms with E-state index in [4.69, 9.17) is 4.74 Å². The zero-order chi connectivity index (χ0) is 26.9. The number of hydrogen-bond donors (Lipinski definition) is 2. The van der Waals surface area contributed by atoms with Crippen molar-refractivity contribution >= 4 is 11.6 Å². The quantitative estimate of drug-likeness (QED) is 0.493. The smallest absolute Gasteiger partial charge is 0.416 e. The monoisotopic (exact) mass is 523 g/mol. The molecular formula is C29H28F3N3O3. The minimum atomic E-state index is -4.62. The molecule has 38 heavy (non-hydrogen) atoms. The van der Waals surface area contributed by atoms with Crippen LogP contribution < -0.4 is 15.0 Å². The van der Waals surface area contributed by atoms with Crippen molar-refractivity contribution in [3.8, 4) is 5.75 Å². The molecule has 0 spiro atoms. The van der Waals surface area contributed by atoms with Crippen LogP contribution in [0.15, 0.2) is 85.2 Å². The van der Waals surface area contributed by atoms with Crippen LogP contribution in [-0.2, 0) is 23.9 Å². The van der Waals surface area contributed by atoms with Crippen LogP contribution in [0.4, 0.5) is 18.9 Å². The second-order valence-electron chi connectivity index (χ2n) is 9.43. The lowest BCUT2D eigenvalue weighted by molar-refractivity contribution is -0.138. The molecule has 0 saturated carbocycles. The van der Waals surface area contributed by atoms with E-state index < -0.39 is 35.8 Å². The van der Waals surface area contributed by atoms with Crippen LogP contribution in [0.3, 0.4) is 0 Å². The number of fused-ring (bicyclic) bond motifs is 1. The number of rotatable bonds is 6. The van der Waals surface area contributed by atoms with Gasteiger partial charge in [0.15, 0.2) is 0 Å². The first-order valence-electron chi connectivity index (χ1n) is 12.3. The van der Waals surface area contributed by atoms with E-state index in [-0.39, 0.29) is 24.2 Å². The van der Waals surface area contributed by atoms with Gasteiger partial charge in [0.2, 0.25) is 0 Å². The van der Waals surface area contributed by atoms with E-state index >= 15 is 0 Å². The fourth-order valence-corrected chi connectivity index (χ4v) is 5.17. The third kappa shape index (κ3) is 5.06. The van der Waals surface area contributed by atoms with Crippen molar-refractivity contribution in [3.05, 3.63) is 107 Å². The molecule has 3 atom stereocenters. The lowest BCUT2D eigenvalue weighted by Crippen LogP contribution is -2.50. The summed E-state index contributed by atoms with van der Waals surface area (Å²) in [5.74, 6) is -0.937. The van der Waals surface area contributed by atoms with Crippen molar-refractivity contribution in [2.75, 3.05) is 18.6 Å². The molecule has 9 heteroatoms. The molecule has 0 aliphatic carbocycles. The largest absolute Gasteiger partial charge is 0.497 e. The zero-order valence-corrected chi connectivity index (χ0v) is 20.7. The van der Waals surface area contributed by atoms with Gasteiger partial charge in [-0.15, -0.1) is 0 Å². The highest BCUT2D eigenvalue weighted by atomic mass is 19.4. The Labute approximate surface area is 218 Å². The molecule has 0 bridgehead atoms. The predicted octanol–water partition coefficient (Wildman–Crippen LogP) is 4.65. The van der Waals surface area contributed by atoms with Gasteiger partial charge in [0.1, 0.15) is 18.0 Å². The molecule has 2 heterocycles. The Bertz CT molecular complexity index is 1310. The minimum absolute atomic E-state index is 0.00807. The molecule has 3 aromatic rings. The Morgan fingerprint density at radius 3 is 2.45 bits per heavy atom. The summed E-state index contributed by atoms with van der Waals surface area (Å²) in [5.41, 5.74) is 0.953. The predicted molar refractivity (Wildman–Crippen MR) is 137 cm³/mol. The van der Waals surface area contributed by atoms with E-state index in [0.29, 0.717) is 17.9 Å². The van der Waals surface area contributed by atoms with Gasteiger partial charge in [0, 0.05) is 30.5 Å². The van der Waals surface area contributed by atoms with Gasteiger partial charge in [-0.3, -0.25) is 4.79 Å². The van der Waals surface area contributed by atoms with Gasteiger partial charge in [-0.1, -0.05) is 48.5 Å². The van der Waals surface area contributed by atoms with Crippen LogP contribution in [0.1, 0.15) is 28.2 Å². The van der Waals surface area contributed by atoms with Gasteiger partial charge >= 0.3 is 6.18 Å². The second-order valence-corrected chi connectivity index (χ2v) is 9.43. The van der Waals surface area contributed by atoms with Gasteiger partial charge in [0.05, 0.1) is 19.2 Å². The molecule has 0 radical (unpaired) electrons. The summed E-state index contributed by atoms with van der Waals surface area (Å²) < 4.78 is 47.7. The van der Waals surface area contributed by atoms with Gasteiger partial charge < -0.3 is 25.0 Å². The van der Waals surface area contributed by atoms with Gasteiger partial charge in [0.25, 0.3) is 5.91 Å². The topological polar surface area (TPSA) is 65.0 Å². The number of amides is 1. The zero-order valence-electron chi connectivity index (χ0n) is 20.7. The number of nitrogens with one attached hydrogen (secondary N) is 1. The van der Waals surface area contributed by atoms with Crippen LogP contribution in [0, 0.1) is 0 Å². The standard InChI is InChI=1S/C29H28F3N3O3/c1-38-21-12-10-20(11-13-21)22-16-23-24(29(30,31)32)8-5-9-25(23)35(28(37)27(22)36)18-26-33-14-15-34(26)17-19-6-3-2-4-7-19/h2-15,22,26-27,33,36H,16-18H2,1H3/t22?,26?,27-/m1/s1. The number of carbonyl (C=O) groups is 1. The number of anilines is 1. The van der Waals surface area contributed by atoms with E-state index in [9.17, 15) is 23.1 Å². The summed E-state index contributed by atoms with van der Waals surface area (Å²) in [7, 11) is 1.51.